The van der Waals surface area contributed by atoms with E-state index in [-0.39, 0.29) is 5.56 Å². The first-order valence-corrected chi connectivity index (χ1v) is 5.72. The van der Waals surface area contributed by atoms with E-state index < -0.39 is 23.2 Å². The lowest BCUT2D eigenvalue weighted by atomic mass is 10.1. The van der Waals surface area contributed by atoms with Crippen molar-refractivity contribution in [2.75, 3.05) is 18.2 Å². The molecule has 0 atom stereocenters. The molecule has 0 saturated carbocycles. The van der Waals surface area contributed by atoms with Crippen molar-refractivity contribution >= 4 is 17.3 Å². The molecule has 0 aliphatic rings. The molecule has 2 aromatic carbocycles. The number of methoxy groups -OCH3 is 1. The van der Waals surface area contributed by atoms with Crippen molar-refractivity contribution in [3.63, 3.8) is 0 Å². The average molecular weight is 278 g/mol. The summed E-state index contributed by atoms with van der Waals surface area (Å²) in [4.78, 5) is 12.0. The van der Waals surface area contributed by atoms with E-state index >= 15 is 0 Å². The fraction of sp³-hybridized carbons (Fsp3) is 0.0714. The zero-order valence-electron chi connectivity index (χ0n) is 10.6. The Morgan fingerprint density at radius 2 is 1.85 bits per heavy atom. The number of nitrogens with one attached hydrogen (secondary N) is 1. The number of halogens is 2. The summed E-state index contributed by atoms with van der Waals surface area (Å²) in [7, 11) is 1.41. The SMILES string of the molecule is COc1cc(C(=O)Nc2c(F)cccc2F)ccc1N. The quantitative estimate of drug-likeness (QED) is 0.848. The Kier molecular flexibility index (Phi) is 3.84. The normalized spacial score (nSPS) is 10.2. The molecule has 0 spiro atoms. The Morgan fingerprint density at radius 3 is 2.45 bits per heavy atom. The molecule has 0 aliphatic heterocycles. The number of benzene rings is 2. The van der Waals surface area contributed by atoms with Crippen LogP contribution < -0.4 is 15.8 Å². The molecule has 2 aromatic rings. The number of ether oxygens (including phenoxy) is 1. The van der Waals surface area contributed by atoms with Crippen LogP contribution >= 0.6 is 0 Å². The first-order valence-electron chi connectivity index (χ1n) is 5.72. The molecule has 20 heavy (non-hydrogen) atoms. The Bertz CT molecular complexity index is 639. The molecule has 0 radical (unpaired) electrons. The maximum atomic E-state index is 13.4. The summed E-state index contributed by atoms with van der Waals surface area (Å²) >= 11 is 0. The number of anilines is 2. The summed E-state index contributed by atoms with van der Waals surface area (Å²) in [5.41, 5.74) is 5.67. The van der Waals surface area contributed by atoms with Crippen molar-refractivity contribution in [3.8, 4) is 5.75 Å². The number of amides is 1. The van der Waals surface area contributed by atoms with Crippen LogP contribution in [0.15, 0.2) is 36.4 Å². The van der Waals surface area contributed by atoms with Crippen molar-refractivity contribution in [3.05, 3.63) is 53.6 Å². The van der Waals surface area contributed by atoms with E-state index in [9.17, 15) is 13.6 Å². The molecule has 0 bridgehead atoms. The van der Waals surface area contributed by atoms with Gasteiger partial charge in [-0.25, -0.2) is 8.78 Å². The molecule has 3 N–H and O–H groups in total. The number of nitrogens with two attached hydrogens (primary N) is 1. The molecule has 0 fully saturated rings. The third kappa shape index (κ3) is 2.69. The Balaban J connectivity index is 2.29. The van der Waals surface area contributed by atoms with Crippen molar-refractivity contribution in [2.24, 2.45) is 0 Å². The largest absolute Gasteiger partial charge is 0.495 e. The Morgan fingerprint density at radius 1 is 1.20 bits per heavy atom. The molecule has 104 valence electrons. The van der Waals surface area contributed by atoms with Crippen LogP contribution in [0.5, 0.6) is 5.75 Å². The van der Waals surface area contributed by atoms with Crippen molar-refractivity contribution in [1.82, 2.24) is 0 Å². The van der Waals surface area contributed by atoms with E-state index in [0.717, 1.165) is 12.1 Å². The minimum atomic E-state index is -0.847. The number of hydrogen-bond donors (Lipinski definition) is 2. The molecular formula is C14H12F2N2O2. The van der Waals surface area contributed by atoms with Crippen LogP contribution in [0, 0.1) is 11.6 Å². The topological polar surface area (TPSA) is 64.3 Å². The third-order valence-electron chi connectivity index (χ3n) is 2.70. The second-order valence-electron chi connectivity index (χ2n) is 4.01. The highest BCUT2D eigenvalue weighted by Crippen LogP contribution is 2.24. The number of hydrogen-bond acceptors (Lipinski definition) is 3. The summed E-state index contributed by atoms with van der Waals surface area (Å²) in [5, 5.41) is 2.18. The number of carbonyl (C=O) groups excluding carboxylic acids is 1. The van der Waals surface area contributed by atoms with Gasteiger partial charge in [-0.2, -0.15) is 0 Å². The predicted octanol–water partition coefficient (Wildman–Crippen LogP) is 2.81. The molecule has 0 aromatic heterocycles. The smallest absolute Gasteiger partial charge is 0.255 e. The van der Waals surface area contributed by atoms with Crippen LogP contribution in [0.25, 0.3) is 0 Å². The van der Waals surface area contributed by atoms with Gasteiger partial charge in [0.2, 0.25) is 0 Å². The van der Waals surface area contributed by atoms with E-state index in [1.165, 1.54) is 31.4 Å². The fourth-order valence-electron chi connectivity index (χ4n) is 1.66. The molecular weight excluding hydrogens is 266 g/mol. The Labute approximate surface area is 114 Å². The molecule has 0 heterocycles. The maximum absolute atomic E-state index is 13.4. The highest BCUT2D eigenvalue weighted by Gasteiger charge is 2.14. The minimum Gasteiger partial charge on any atom is -0.495 e. The first-order chi connectivity index (χ1) is 9.52. The monoisotopic (exact) mass is 278 g/mol. The van der Waals surface area contributed by atoms with E-state index in [4.69, 9.17) is 10.5 Å². The first kappa shape index (κ1) is 13.8. The number of rotatable bonds is 3. The van der Waals surface area contributed by atoms with Crippen LogP contribution in [0.4, 0.5) is 20.2 Å². The zero-order valence-corrected chi connectivity index (χ0v) is 10.6. The molecule has 0 unspecified atom stereocenters. The van der Waals surface area contributed by atoms with Gasteiger partial charge in [0, 0.05) is 5.56 Å². The summed E-state index contributed by atoms with van der Waals surface area (Å²) in [6, 6.07) is 7.64. The average Bonchev–Trinajstić information content (AvgIpc) is 2.43. The van der Waals surface area contributed by atoms with Gasteiger partial charge in [0.25, 0.3) is 5.91 Å². The van der Waals surface area contributed by atoms with Crippen molar-refractivity contribution in [2.45, 2.75) is 0 Å². The van der Waals surface area contributed by atoms with E-state index in [0.29, 0.717) is 11.4 Å². The van der Waals surface area contributed by atoms with E-state index in [1.54, 1.807) is 0 Å². The van der Waals surface area contributed by atoms with Crippen LogP contribution in [0.2, 0.25) is 0 Å². The van der Waals surface area contributed by atoms with Gasteiger partial charge in [-0.1, -0.05) is 6.07 Å². The molecule has 0 aliphatic carbocycles. The van der Waals surface area contributed by atoms with Crippen LogP contribution in [-0.4, -0.2) is 13.0 Å². The summed E-state index contributed by atoms with van der Waals surface area (Å²) < 4.78 is 31.9. The highest BCUT2D eigenvalue weighted by molar-refractivity contribution is 6.05. The van der Waals surface area contributed by atoms with Crippen molar-refractivity contribution < 1.29 is 18.3 Å². The standard InChI is InChI=1S/C14H12F2N2O2/c1-20-12-7-8(5-6-11(12)17)14(19)18-13-9(15)3-2-4-10(13)16/h2-7H,17H2,1H3,(H,18,19). The second-order valence-corrected chi connectivity index (χ2v) is 4.01. The summed E-state index contributed by atoms with van der Waals surface area (Å²) in [6.45, 7) is 0. The van der Waals surface area contributed by atoms with Gasteiger partial charge < -0.3 is 15.8 Å². The van der Waals surface area contributed by atoms with Gasteiger partial charge in [-0.05, 0) is 30.3 Å². The van der Waals surface area contributed by atoms with Gasteiger partial charge in [0.1, 0.15) is 23.1 Å². The Hall–Kier alpha value is -2.63. The van der Waals surface area contributed by atoms with Crippen LogP contribution in [0.1, 0.15) is 10.4 Å². The van der Waals surface area contributed by atoms with Gasteiger partial charge in [-0.3, -0.25) is 4.79 Å². The number of para-hydroxylation sites is 1. The van der Waals surface area contributed by atoms with Gasteiger partial charge in [0.15, 0.2) is 0 Å². The number of carbonyl (C=O) groups is 1. The highest BCUT2D eigenvalue weighted by atomic mass is 19.1. The summed E-state index contributed by atoms with van der Waals surface area (Å²) in [6.07, 6.45) is 0. The lowest BCUT2D eigenvalue weighted by Gasteiger charge is -2.09. The predicted molar refractivity (Wildman–Crippen MR) is 71.7 cm³/mol. The van der Waals surface area contributed by atoms with E-state index in [1.807, 2.05) is 0 Å². The van der Waals surface area contributed by atoms with Gasteiger partial charge >= 0.3 is 0 Å². The second kappa shape index (κ2) is 5.56. The molecule has 0 saturated heterocycles. The zero-order chi connectivity index (χ0) is 14.7. The maximum Gasteiger partial charge on any atom is 0.255 e. The molecule has 4 nitrogen and oxygen atoms in total. The minimum absolute atomic E-state index is 0.179. The lowest BCUT2D eigenvalue weighted by molar-refractivity contribution is 0.102. The van der Waals surface area contributed by atoms with Gasteiger partial charge in [0.05, 0.1) is 12.8 Å². The van der Waals surface area contributed by atoms with E-state index in [2.05, 4.69) is 5.32 Å². The van der Waals surface area contributed by atoms with Crippen molar-refractivity contribution in [1.29, 1.82) is 0 Å². The lowest BCUT2D eigenvalue weighted by Crippen LogP contribution is -2.14. The van der Waals surface area contributed by atoms with Crippen LogP contribution in [0.3, 0.4) is 0 Å². The summed E-state index contributed by atoms with van der Waals surface area (Å²) in [5.74, 6) is -2.04. The van der Waals surface area contributed by atoms with Crippen LogP contribution in [-0.2, 0) is 0 Å². The fourth-order valence-corrected chi connectivity index (χ4v) is 1.66. The van der Waals surface area contributed by atoms with Gasteiger partial charge in [-0.15, -0.1) is 0 Å². The molecule has 1 amide bonds. The molecule has 2 rings (SSSR count). The third-order valence-corrected chi connectivity index (χ3v) is 2.70. The number of nitrogen functional groups attached to an aromatic ring is 1. The molecule has 6 heteroatoms.